The summed E-state index contributed by atoms with van der Waals surface area (Å²) >= 11 is 0. The van der Waals surface area contributed by atoms with Crippen molar-refractivity contribution >= 4 is 0 Å². The van der Waals surface area contributed by atoms with Crippen LogP contribution in [0.25, 0.3) is 0 Å². The summed E-state index contributed by atoms with van der Waals surface area (Å²) in [5, 5.41) is 3.17. The van der Waals surface area contributed by atoms with Crippen molar-refractivity contribution in [2.24, 2.45) is 0 Å². The standard InChI is InChI=1S/C13H19NO/c1-14-9-5-4-7-12-10-11-6-2-3-8-13(11)15-12/h2-3,6,8,12,14H,4-5,7,9-10H2,1H3. The van der Waals surface area contributed by atoms with Gasteiger partial charge < -0.3 is 10.1 Å². The van der Waals surface area contributed by atoms with Gasteiger partial charge in [0.25, 0.3) is 0 Å². The molecule has 2 nitrogen and oxygen atoms in total. The molecule has 0 saturated heterocycles. The molecule has 1 aromatic carbocycles. The Bertz CT molecular complexity index is 286. The van der Waals surface area contributed by atoms with E-state index < -0.39 is 0 Å². The Morgan fingerprint density at radius 3 is 3.00 bits per heavy atom. The van der Waals surface area contributed by atoms with Gasteiger partial charge in [-0.25, -0.2) is 0 Å². The van der Waals surface area contributed by atoms with Crippen molar-refractivity contribution < 1.29 is 4.74 Å². The van der Waals surface area contributed by atoms with Gasteiger partial charge in [0.15, 0.2) is 0 Å². The van der Waals surface area contributed by atoms with E-state index in [1.807, 2.05) is 13.1 Å². The number of hydrogen-bond acceptors (Lipinski definition) is 2. The minimum atomic E-state index is 0.416. The lowest BCUT2D eigenvalue weighted by atomic mass is 10.1. The van der Waals surface area contributed by atoms with E-state index in [4.69, 9.17) is 4.74 Å². The van der Waals surface area contributed by atoms with E-state index in [1.54, 1.807) is 0 Å². The number of hydrogen-bond donors (Lipinski definition) is 1. The molecule has 1 aliphatic heterocycles. The predicted molar refractivity (Wildman–Crippen MR) is 62.3 cm³/mol. The topological polar surface area (TPSA) is 21.3 Å². The molecule has 1 aromatic rings. The van der Waals surface area contributed by atoms with Gasteiger partial charge in [-0.15, -0.1) is 0 Å². The molecule has 82 valence electrons. The Labute approximate surface area is 91.6 Å². The normalized spacial score (nSPS) is 18.6. The molecule has 15 heavy (non-hydrogen) atoms. The third-order valence-corrected chi connectivity index (χ3v) is 2.92. The van der Waals surface area contributed by atoms with Gasteiger partial charge in [0.2, 0.25) is 0 Å². The highest BCUT2D eigenvalue weighted by molar-refractivity contribution is 5.37. The number of nitrogens with one attached hydrogen (secondary N) is 1. The number of rotatable bonds is 5. The van der Waals surface area contributed by atoms with Crippen molar-refractivity contribution in [1.29, 1.82) is 0 Å². The van der Waals surface area contributed by atoms with E-state index in [0.717, 1.165) is 18.7 Å². The molecule has 0 aliphatic carbocycles. The Kier molecular flexibility index (Phi) is 3.62. The molecule has 1 unspecified atom stereocenters. The highest BCUT2D eigenvalue weighted by Crippen LogP contribution is 2.29. The van der Waals surface area contributed by atoms with Gasteiger partial charge >= 0.3 is 0 Å². The molecule has 2 rings (SSSR count). The largest absolute Gasteiger partial charge is 0.490 e. The van der Waals surface area contributed by atoms with Gasteiger partial charge in [0.05, 0.1) is 0 Å². The zero-order valence-corrected chi connectivity index (χ0v) is 9.33. The summed E-state index contributed by atoms with van der Waals surface area (Å²) in [6.45, 7) is 1.11. The van der Waals surface area contributed by atoms with E-state index in [-0.39, 0.29) is 0 Å². The number of fused-ring (bicyclic) bond motifs is 1. The van der Waals surface area contributed by atoms with Crippen LogP contribution in [0, 0.1) is 0 Å². The first-order valence-electron chi connectivity index (χ1n) is 5.79. The van der Waals surface area contributed by atoms with Crippen LogP contribution in [0.5, 0.6) is 5.75 Å². The fourth-order valence-corrected chi connectivity index (χ4v) is 2.09. The molecule has 1 heterocycles. The Hall–Kier alpha value is -1.02. The summed E-state index contributed by atoms with van der Waals surface area (Å²) in [5.74, 6) is 1.09. The van der Waals surface area contributed by atoms with Crippen LogP contribution in [0.3, 0.4) is 0 Å². The van der Waals surface area contributed by atoms with Crippen molar-refractivity contribution in [3.63, 3.8) is 0 Å². The molecule has 0 radical (unpaired) electrons. The maximum absolute atomic E-state index is 5.87. The molecule has 0 bridgehead atoms. The number of unbranched alkanes of at least 4 members (excludes halogenated alkanes) is 1. The molecular weight excluding hydrogens is 186 g/mol. The van der Waals surface area contributed by atoms with E-state index >= 15 is 0 Å². The summed E-state index contributed by atoms with van der Waals surface area (Å²) in [4.78, 5) is 0. The van der Waals surface area contributed by atoms with Crippen molar-refractivity contribution in [3.05, 3.63) is 29.8 Å². The summed E-state index contributed by atoms with van der Waals surface area (Å²) in [7, 11) is 2.00. The first-order chi connectivity index (χ1) is 7.40. The highest BCUT2D eigenvalue weighted by atomic mass is 16.5. The maximum Gasteiger partial charge on any atom is 0.123 e. The summed E-state index contributed by atoms with van der Waals surface area (Å²) < 4.78 is 5.87. The molecule has 0 saturated carbocycles. The molecule has 0 amide bonds. The third-order valence-electron chi connectivity index (χ3n) is 2.92. The molecule has 1 aliphatic rings. The SMILES string of the molecule is CNCCCCC1Cc2ccccc2O1. The van der Waals surface area contributed by atoms with Gasteiger partial charge in [-0.1, -0.05) is 18.2 Å². The minimum absolute atomic E-state index is 0.416. The predicted octanol–water partition coefficient (Wildman–Crippen LogP) is 2.38. The summed E-state index contributed by atoms with van der Waals surface area (Å²) in [6.07, 6.45) is 5.18. The number of para-hydroxylation sites is 1. The zero-order chi connectivity index (χ0) is 10.5. The molecule has 0 spiro atoms. The Morgan fingerprint density at radius 2 is 2.20 bits per heavy atom. The zero-order valence-electron chi connectivity index (χ0n) is 9.33. The van der Waals surface area contributed by atoms with Crippen LogP contribution >= 0.6 is 0 Å². The van der Waals surface area contributed by atoms with Crippen LogP contribution in [-0.2, 0) is 6.42 Å². The lowest BCUT2D eigenvalue weighted by molar-refractivity contribution is 0.217. The van der Waals surface area contributed by atoms with Crippen LogP contribution < -0.4 is 10.1 Å². The van der Waals surface area contributed by atoms with Crippen molar-refractivity contribution in [1.82, 2.24) is 5.32 Å². The maximum atomic E-state index is 5.87. The molecule has 2 heteroatoms. The van der Waals surface area contributed by atoms with E-state index in [0.29, 0.717) is 6.10 Å². The Morgan fingerprint density at radius 1 is 1.33 bits per heavy atom. The van der Waals surface area contributed by atoms with Crippen LogP contribution in [-0.4, -0.2) is 19.7 Å². The quantitative estimate of drug-likeness (QED) is 0.745. The second-order valence-electron chi connectivity index (χ2n) is 4.15. The van der Waals surface area contributed by atoms with Crippen LogP contribution in [0.4, 0.5) is 0 Å². The second kappa shape index (κ2) is 5.17. The third kappa shape index (κ3) is 2.72. The van der Waals surface area contributed by atoms with Gasteiger partial charge in [-0.05, 0) is 44.5 Å². The van der Waals surface area contributed by atoms with Crippen LogP contribution in [0.1, 0.15) is 24.8 Å². The number of benzene rings is 1. The van der Waals surface area contributed by atoms with E-state index in [1.165, 1.54) is 24.8 Å². The van der Waals surface area contributed by atoms with Gasteiger partial charge in [0.1, 0.15) is 11.9 Å². The Balaban J connectivity index is 1.76. The average molecular weight is 205 g/mol. The fraction of sp³-hybridized carbons (Fsp3) is 0.538. The van der Waals surface area contributed by atoms with Gasteiger partial charge in [-0.3, -0.25) is 0 Å². The average Bonchev–Trinajstić information content (AvgIpc) is 2.67. The first-order valence-corrected chi connectivity index (χ1v) is 5.79. The lowest BCUT2D eigenvalue weighted by Gasteiger charge is -2.09. The molecule has 1 atom stereocenters. The highest BCUT2D eigenvalue weighted by Gasteiger charge is 2.21. The molecule has 0 fully saturated rings. The van der Waals surface area contributed by atoms with E-state index in [9.17, 15) is 0 Å². The summed E-state index contributed by atoms with van der Waals surface area (Å²) in [5.41, 5.74) is 1.37. The monoisotopic (exact) mass is 205 g/mol. The van der Waals surface area contributed by atoms with Gasteiger partial charge in [0, 0.05) is 6.42 Å². The fourth-order valence-electron chi connectivity index (χ4n) is 2.09. The smallest absolute Gasteiger partial charge is 0.123 e. The second-order valence-corrected chi connectivity index (χ2v) is 4.15. The van der Waals surface area contributed by atoms with Crippen LogP contribution in [0.15, 0.2) is 24.3 Å². The molecular formula is C13H19NO. The van der Waals surface area contributed by atoms with Gasteiger partial charge in [-0.2, -0.15) is 0 Å². The molecule has 0 aromatic heterocycles. The first kappa shape index (κ1) is 10.5. The summed E-state index contributed by atoms with van der Waals surface area (Å²) in [6, 6.07) is 8.37. The van der Waals surface area contributed by atoms with Crippen LogP contribution in [0.2, 0.25) is 0 Å². The van der Waals surface area contributed by atoms with Crippen molar-refractivity contribution in [3.8, 4) is 5.75 Å². The van der Waals surface area contributed by atoms with Crippen molar-refractivity contribution in [2.45, 2.75) is 31.8 Å². The lowest BCUT2D eigenvalue weighted by Crippen LogP contribution is -2.14. The number of ether oxygens (including phenoxy) is 1. The molecule has 1 N–H and O–H groups in total. The van der Waals surface area contributed by atoms with E-state index in [2.05, 4.69) is 23.5 Å². The minimum Gasteiger partial charge on any atom is -0.490 e. The van der Waals surface area contributed by atoms with Crippen molar-refractivity contribution in [2.75, 3.05) is 13.6 Å².